The van der Waals surface area contributed by atoms with Crippen LogP contribution in [0.25, 0.3) is 0 Å². The summed E-state index contributed by atoms with van der Waals surface area (Å²) in [5.41, 5.74) is 0. The van der Waals surface area contributed by atoms with Crippen LogP contribution in [0.15, 0.2) is 11.8 Å². The number of likely N-dealkylation sites (tertiary alicyclic amines) is 1. The molecule has 70 valence electrons. The van der Waals surface area contributed by atoms with Gasteiger partial charge in [0, 0.05) is 0 Å². The quantitative estimate of drug-likeness (QED) is 0.608. The Morgan fingerprint density at radius 1 is 1.33 bits per heavy atom. The highest BCUT2D eigenvalue weighted by molar-refractivity contribution is 6.84. The van der Waals surface area contributed by atoms with Crippen LogP contribution >= 0.6 is 0 Å². The second-order valence-electron chi connectivity index (χ2n) is 4.65. The second-order valence-corrected chi connectivity index (χ2v) is 9.59. The third kappa shape index (κ3) is 2.46. The lowest BCUT2D eigenvalue weighted by Gasteiger charge is -2.28. The Morgan fingerprint density at radius 3 is 2.25 bits per heavy atom. The average Bonchev–Trinajstić information content (AvgIpc) is 2.38. The highest BCUT2D eigenvalue weighted by Gasteiger charge is 2.26. The van der Waals surface area contributed by atoms with Crippen molar-refractivity contribution in [2.24, 2.45) is 0 Å². The van der Waals surface area contributed by atoms with Gasteiger partial charge < -0.3 is 4.90 Å². The lowest BCUT2D eigenvalue weighted by molar-refractivity contribution is 0.389. The van der Waals surface area contributed by atoms with Gasteiger partial charge in [0.1, 0.15) is 0 Å². The fraction of sp³-hybridized carbons (Fsp3) is 0.800. The fourth-order valence-corrected chi connectivity index (χ4v) is 3.34. The molecule has 0 atom stereocenters. The summed E-state index contributed by atoms with van der Waals surface area (Å²) in [6.07, 6.45) is 4.13. The molecule has 0 aromatic rings. The van der Waals surface area contributed by atoms with Gasteiger partial charge in [0.2, 0.25) is 0 Å². The first-order valence-corrected chi connectivity index (χ1v) is 8.11. The van der Waals surface area contributed by atoms with Crippen molar-refractivity contribution in [3.05, 3.63) is 11.8 Å². The van der Waals surface area contributed by atoms with Crippen LogP contribution in [0, 0.1) is 0 Å². The monoisotopic (exact) mass is 183 g/mol. The SMILES string of the molecule is C=C(C)[Si](C)(C)CN1CCCC1. The Morgan fingerprint density at radius 2 is 1.83 bits per heavy atom. The molecular weight excluding hydrogens is 162 g/mol. The number of rotatable bonds is 3. The Hall–Kier alpha value is -0.0831. The topological polar surface area (TPSA) is 3.24 Å². The van der Waals surface area contributed by atoms with Gasteiger partial charge in [0.05, 0.1) is 8.07 Å². The smallest absolute Gasteiger partial charge is 0.0886 e. The molecule has 0 unspecified atom stereocenters. The summed E-state index contributed by atoms with van der Waals surface area (Å²) in [5.74, 6) is 0. The molecule has 0 aromatic carbocycles. The van der Waals surface area contributed by atoms with E-state index >= 15 is 0 Å². The molecule has 1 aliphatic rings. The van der Waals surface area contributed by atoms with E-state index in [1.165, 1.54) is 37.3 Å². The van der Waals surface area contributed by atoms with E-state index in [1.807, 2.05) is 0 Å². The Labute approximate surface area is 77.5 Å². The molecule has 1 saturated heterocycles. The number of allylic oxidation sites excluding steroid dienone is 1. The van der Waals surface area contributed by atoms with Crippen molar-refractivity contribution in [1.82, 2.24) is 4.90 Å². The molecule has 1 fully saturated rings. The van der Waals surface area contributed by atoms with Crippen LogP contribution in [-0.4, -0.2) is 32.2 Å². The normalized spacial score (nSPS) is 19.9. The van der Waals surface area contributed by atoms with E-state index in [2.05, 4.69) is 31.5 Å². The summed E-state index contributed by atoms with van der Waals surface area (Å²) in [4.78, 5) is 2.61. The molecule has 12 heavy (non-hydrogen) atoms. The summed E-state index contributed by atoms with van der Waals surface area (Å²) >= 11 is 0. The molecule has 1 heterocycles. The van der Waals surface area contributed by atoms with Crippen molar-refractivity contribution in [3.8, 4) is 0 Å². The van der Waals surface area contributed by atoms with E-state index in [1.54, 1.807) is 0 Å². The van der Waals surface area contributed by atoms with Crippen molar-refractivity contribution in [1.29, 1.82) is 0 Å². The highest BCUT2D eigenvalue weighted by Crippen LogP contribution is 2.17. The lowest BCUT2D eigenvalue weighted by atomic mass is 10.4. The molecular formula is C10H21NSi. The van der Waals surface area contributed by atoms with E-state index in [-0.39, 0.29) is 0 Å². The molecule has 0 amide bonds. The number of hydrogen-bond donors (Lipinski definition) is 0. The van der Waals surface area contributed by atoms with Crippen molar-refractivity contribution in [2.45, 2.75) is 32.9 Å². The van der Waals surface area contributed by atoms with Gasteiger partial charge in [-0.1, -0.05) is 18.3 Å². The van der Waals surface area contributed by atoms with Crippen molar-refractivity contribution >= 4 is 8.07 Å². The average molecular weight is 183 g/mol. The first kappa shape index (κ1) is 10.0. The van der Waals surface area contributed by atoms with E-state index in [0.717, 1.165) is 0 Å². The minimum atomic E-state index is -1.11. The van der Waals surface area contributed by atoms with E-state index in [9.17, 15) is 0 Å². The molecule has 0 aliphatic carbocycles. The predicted molar refractivity (Wildman–Crippen MR) is 58.0 cm³/mol. The molecule has 1 aliphatic heterocycles. The Kier molecular flexibility index (Phi) is 3.13. The summed E-state index contributed by atoms with van der Waals surface area (Å²) in [6.45, 7) is 13.8. The first-order valence-electron chi connectivity index (χ1n) is 4.91. The van der Waals surface area contributed by atoms with Crippen LogP contribution < -0.4 is 0 Å². The molecule has 0 spiro atoms. The van der Waals surface area contributed by atoms with E-state index in [4.69, 9.17) is 0 Å². The minimum absolute atomic E-state index is 1.11. The van der Waals surface area contributed by atoms with Gasteiger partial charge >= 0.3 is 0 Å². The van der Waals surface area contributed by atoms with Gasteiger partial charge in [-0.25, -0.2) is 0 Å². The second kappa shape index (κ2) is 3.75. The zero-order chi connectivity index (χ0) is 9.19. The molecule has 0 aromatic heterocycles. The number of hydrogen-bond acceptors (Lipinski definition) is 1. The fourth-order valence-electron chi connectivity index (χ4n) is 1.63. The van der Waals surface area contributed by atoms with Gasteiger partial charge in [-0.05, 0) is 39.0 Å². The standard InChI is InChI=1S/C10H21NSi/c1-10(2)12(3,4)9-11-7-5-6-8-11/h1,5-9H2,2-4H3. The van der Waals surface area contributed by atoms with Crippen LogP contribution in [0.1, 0.15) is 19.8 Å². The summed E-state index contributed by atoms with van der Waals surface area (Å²) < 4.78 is 0. The molecule has 0 bridgehead atoms. The number of nitrogens with zero attached hydrogens (tertiary/aromatic N) is 1. The van der Waals surface area contributed by atoms with Crippen LogP contribution in [0.3, 0.4) is 0 Å². The third-order valence-corrected chi connectivity index (χ3v) is 6.52. The van der Waals surface area contributed by atoms with Crippen molar-refractivity contribution in [3.63, 3.8) is 0 Å². The molecule has 0 radical (unpaired) electrons. The van der Waals surface area contributed by atoms with Crippen molar-refractivity contribution in [2.75, 3.05) is 19.3 Å². The van der Waals surface area contributed by atoms with Gasteiger partial charge in [0.15, 0.2) is 0 Å². The van der Waals surface area contributed by atoms with E-state index in [0.29, 0.717) is 0 Å². The largest absolute Gasteiger partial charge is 0.306 e. The Bertz CT molecular complexity index is 169. The summed E-state index contributed by atoms with van der Waals surface area (Å²) in [7, 11) is -1.11. The van der Waals surface area contributed by atoms with E-state index < -0.39 is 8.07 Å². The van der Waals surface area contributed by atoms with Crippen LogP contribution in [0.4, 0.5) is 0 Å². The maximum atomic E-state index is 4.10. The maximum absolute atomic E-state index is 4.10. The van der Waals surface area contributed by atoms with Crippen LogP contribution in [0.5, 0.6) is 0 Å². The van der Waals surface area contributed by atoms with Gasteiger partial charge in [0.25, 0.3) is 0 Å². The summed E-state index contributed by atoms with van der Waals surface area (Å²) in [6, 6.07) is 0. The molecule has 0 N–H and O–H groups in total. The van der Waals surface area contributed by atoms with Gasteiger partial charge in [-0.2, -0.15) is 0 Å². The predicted octanol–water partition coefficient (Wildman–Crippen LogP) is 2.45. The van der Waals surface area contributed by atoms with Crippen LogP contribution in [0.2, 0.25) is 13.1 Å². The van der Waals surface area contributed by atoms with Crippen molar-refractivity contribution < 1.29 is 0 Å². The van der Waals surface area contributed by atoms with Gasteiger partial charge in [-0.3, -0.25) is 0 Å². The molecule has 1 rings (SSSR count). The summed E-state index contributed by atoms with van der Waals surface area (Å²) in [5, 5.41) is 1.44. The highest BCUT2D eigenvalue weighted by atomic mass is 28.3. The minimum Gasteiger partial charge on any atom is -0.306 e. The Balaban J connectivity index is 2.42. The van der Waals surface area contributed by atoms with Gasteiger partial charge in [-0.15, -0.1) is 6.58 Å². The molecule has 2 heteroatoms. The first-order chi connectivity index (χ1) is 5.52. The van der Waals surface area contributed by atoms with Crippen LogP contribution in [-0.2, 0) is 0 Å². The maximum Gasteiger partial charge on any atom is 0.0886 e. The zero-order valence-corrected chi connectivity index (χ0v) is 9.69. The lowest BCUT2D eigenvalue weighted by Crippen LogP contribution is -2.42. The molecule has 1 nitrogen and oxygen atoms in total. The third-order valence-electron chi connectivity index (χ3n) is 2.97. The zero-order valence-electron chi connectivity index (χ0n) is 8.69. The molecule has 0 saturated carbocycles.